The summed E-state index contributed by atoms with van der Waals surface area (Å²) < 4.78 is 33.6. The SMILES string of the molecule is C=CC(=O)OCC(C)S(=O)(=O)O. The highest BCUT2D eigenvalue weighted by atomic mass is 32.2. The van der Waals surface area contributed by atoms with Crippen LogP contribution >= 0.6 is 0 Å². The quantitative estimate of drug-likeness (QED) is 0.387. The predicted molar refractivity (Wildman–Crippen MR) is 42.2 cm³/mol. The van der Waals surface area contributed by atoms with Crippen LogP contribution in [0.3, 0.4) is 0 Å². The molecule has 1 N–H and O–H groups in total. The molecular weight excluding hydrogens is 184 g/mol. The van der Waals surface area contributed by atoms with Crippen molar-refractivity contribution in [1.82, 2.24) is 0 Å². The Hall–Kier alpha value is -0.880. The second kappa shape index (κ2) is 4.22. The molecule has 0 saturated carbocycles. The van der Waals surface area contributed by atoms with E-state index in [4.69, 9.17) is 4.55 Å². The van der Waals surface area contributed by atoms with Crippen molar-refractivity contribution in [2.24, 2.45) is 0 Å². The van der Waals surface area contributed by atoms with Gasteiger partial charge in [0.25, 0.3) is 10.1 Å². The summed E-state index contributed by atoms with van der Waals surface area (Å²) in [4.78, 5) is 10.4. The van der Waals surface area contributed by atoms with E-state index in [2.05, 4.69) is 11.3 Å². The molecule has 0 amide bonds. The van der Waals surface area contributed by atoms with E-state index in [9.17, 15) is 13.2 Å². The molecule has 0 radical (unpaired) electrons. The molecule has 1 unspecified atom stereocenters. The Balaban J connectivity index is 3.96. The number of carbonyl (C=O) groups excluding carboxylic acids is 1. The fourth-order valence-corrected chi connectivity index (χ4v) is 0.584. The Morgan fingerprint density at radius 2 is 2.25 bits per heavy atom. The zero-order chi connectivity index (χ0) is 9.78. The monoisotopic (exact) mass is 194 g/mol. The van der Waals surface area contributed by atoms with Crippen molar-refractivity contribution in [2.45, 2.75) is 12.2 Å². The molecule has 6 heteroatoms. The van der Waals surface area contributed by atoms with E-state index in [1.165, 1.54) is 6.92 Å². The Morgan fingerprint density at radius 3 is 2.58 bits per heavy atom. The molecule has 0 aromatic rings. The number of ether oxygens (including phenoxy) is 1. The molecule has 0 saturated heterocycles. The van der Waals surface area contributed by atoms with Gasteiger partial charge in [-0.1, -0.05) is 6.58 Å². The topological polar surface area (TPSA) is 80.7 Å². The van der Waals surface area contributed by atoms with Gasteiger partial charge in [-0.15, -0.1) is 0 Å². The van der Waals surface area contributed by atoms with Gasteiger partial charge in [0.05, 0.1) is 0 Å². The largest absolute Gasteiger partial charge is 0.461 e. The van der Waals surface area contributed by atoms with Crippen molar-refractivity contribution in [3.63, 3.8) is 0 Å². The maximum atomic E-state index is 10.4. The van der Waals surface area contributed by atoms with Crippen molar-refractivity contribution in [3.8, 4) is 0 Å². The molecule has 0 spiro atoms. The van der Waals surface area contributed by atoms with Crippen LogP contribution in [-0.4, -0.2) is 30.8 Å². The predicted octanol–water partition coefficient (Wildman–Crippen LogP) is -0.00810. The normalized spacial score (nSPS) is 13.5. The third-order valence-corrected chi connectivity index (χ3v) is 2.29. The van der Waals surface area contributed by atoms with Crippen LogP contribution in [0.1, 0.15) is 6.92 Å². The first kappa shape index (κ1) is 11.1. The summed E-state index contributed by atoms with van der Waals surface area (Å²) in [6.45, 7) is 3.97. The third-order valence-electron chi connectivity index (χ3n) is 1.14. The van der Waals surface area contributed by atoms with Gasteiger partial charge in [0.1, 0.15) is 11.9 Å². The lowest BCUT2D eigenvalue weighted by Gasteiger charge is -2.06. The van der Waals surface area contributed by atoms with Crippen LogP contribution in [0, 0.1) is 0 Å². The lowest BCUT2D eigenvalue weighted by atomic mass is 10.5. The molecule has 12 heavy (non-hydrogen) atoms. The Bertz CT molecular complexity index is 266. The maximum Gasteiger partial charge on any atom is 0.330 e. The molecule has 0 aromatic heterocycles. The smallest absolute Gasteiger partial charge is 0.330 e. The zero-order valence-electron chi connectivity index (χ0n) is 6.56. The summed E-state index contributed by atoms with van der Waals surface area (Å²) >= 11 is 0. The summed E-state index contributed by atoms with van der Waals surface area (Å²) in [5.74, 6) is -0.717. The minimum atomic E-state index is -4.12. The fourth-order valence-electron chi connectivity index (χ4n) is 0.344. The average molecular weight is 194 g/mol. The van der Waals surface area contributed by atoms with Crippen molar-refractivity contribution in [3.05, 3.63) is 12.7 Å². The molecule has 0 aliphatic heterocycles. The van der Waals surface area contributed by atoms with Gasteiger partial charge < -0.3 is 4.74 Å². The van der Waals surface area contributed by atoms with Gasteiger partial charge in [0.15, 0.2) is 0 Å². The first-order chi connectivity index (χ1) is 5.38. The van der Waals surface area contributed by atoms with Crippen molar-refractivity contribution < 1.29 is 22.5 Å². The molecule has 0 aliphatic carbocycles. The summed E-state index contributed by atoms with van der Waals surface area (Å²) in [7, 11) is -4.12. The van der Waals surface area contributed by atoms with Gasteiger partial charge >= 0.3 is 5.97 Å². The van der Waals surface area contributed by atoms with E-state index >= 15 is 0 Å². The molecule has 0 rings (SSSR count). The van der Waals surface area contributed by atoms with Gasteiger partial charge in [-0.25, -0.2) is 4.79 Å². The first-order valence-corrected chi connectivity index (χ1v) is 4.63. The summed E-state index contributed by atoms with van der Waals surface area (Å²) in [5, 5.41) is -1.11. The lowest BCUT2D eigenvalue weighted by molar-refractivity contribution is -0.137. The standard InChI is InChI=1S/C6H10O5S/c1-3-6(7)11-4-5(2)12(8,9)10/h3,5H,1,4H2,2H3,(H,8,9,10). The van der Waals surface area contributed by atoms with Gasteiger partial charge in [0, 0.05) is 6.08 Å². The van der Waals surface area contributed by atoms with Crippen molar-refractivity contribution >= 4 is 16.1 Å². The maximum absolute atomic E-state index is 10.4. The highest BCUT2D eigenvalue weighted by molar-refractivity contribution is 7.86. The van der Waals surface area contributed by atoms with Crippen LogP contribution in [0.4, 0.5) is 0 Å². The second-order valence-electron chi connectivity index (χ2n) is 2.16. The minimum absolute atomic E-state index is 0.371. The molecular formula is C6H10O5S. The van der Waals surface area contributed by atoms with Crippen molar-refractivity contribution in [2.75, 3.05) is 6.61 Å². The molecule has 70 valence electrons. The first-order valence-electron chi connectivity index (χ1n) is 3.13. The van der Waals surface area contributed by atoms with Crippen LogP contribution in [0.5, 0.6) is 0 Å². The Labute approximate surface area is 70.8 Å². The van der Waals surface area contributed by atoms with Gasteiger partial charge in [-0.3, -0.25) is 4.55 Å². The molecule has 5 nitrogen and oxygen atoms in total. The summed E-state index contributed by atoms with van der Waals surface area (Å²) in [5.41, 5.74) is 0. The van der Waals surface area contributed by atoms with Gasteiger partial charge in [0.2, 0.25) is 0 Å². The number of carbonyl (C=O) groups is 1. The van der Waals surface area contributed by atoms with Crippen molar-refractivity contribution in [1.29, 1.82) is 0 Å². The fraction of sp³-hybridized carbons (Fsp3) is 0.500. The summed E-state index contributed by atoms with van der Waals surface area (Å²) in [6, 6.07) is 0. The second-order valence-corrected chi connectivity index (χ2v) is 3.99. The number of rotatable bonds is 4. The van der Waals surface area contributed by atoms with E-state index in [-0.39, 0.29) is 6.61 Å². The highest BCUT2D eigenvalue weighted by Gasteiger charge is 2.18. The molecule has 0 bridgehead atoms. The Kier molecular flexibility index (Phi) is 3.91. The summed E-state index contributed by atoms with van der Waals surface area (Å²) in [6.07, 6.45) is 0.913. The van der Waals surface area contributed by atoms with Crippen LogP contribution in [0.25, 0.3) is 0 Å². The van der Waals surface area contributed by atoms with E-state index in [1.807, 2.05) is 0 Å². The molecule has 0 fully saturated rings. The van der Waals surface area contributed by atoms with Crippen LogP contribution in [0.15, 0.2) is 12.7 Å². The molecule has 0 heterocycles. The molecule has 1 atom stereocenters. The average Bonchev–Trinajstić information content (AvgIpc) is 1.97. The third kappa shape index (κ3) is 4.09. The van der Waals surface area contributed by atoms with Crippen LogP contribution < -0.4 is 0 Å². The minimum Gasteiger partial charge on any atom is -0.461 e. The zero-order valence-corrected chi connectivity index (χ0v) is 7.37. The Morgan fingerprint density at radius 1 is 1.75 bits per heavy atom. The highest BCUT2D eigenvalue weighted by Crippen LogP contribution is 1.97. The lowest BCUT2D eigenvalue weighted by Crippen LogP contribution is -2.23. The number of hydrogen-bond donors (Lipinski definition) is 1. The van der Waals surface area contributed by atoms with E-state index < -0.39 is 21.3 Å². The molecule has 0 aromatic carbocycles. The van der Waals surface area contributed by atoms with Crippen LogP contribution in [0.2, 0.25) is 0 Å². The number of hydrogen-bond acceptors (Lipinski definition) is 4. The number of esters is 1. The van der Waals surface area contributed by atoms with Crippen LogP contribution in [-0.2, 0) is 19.6 Å². The van der Waals surface area contributed by atoms with Gasteiger partial charge in [-0.2, -0.15) is 8.42 Å². The van der Waals surface area contributed by atoms with E-state index in [1.54, 1.807) is 0 Å². The van der Waals surface area contributed by atoms with Gasteiger partial charge in [-0.05, 0) is 6.92 Å². The van der Waals surface area contributed by atoms with E-state index in [0.29, 0.717) is 0 Å². The van der Waals surface area contributed by atoms with E-state index in [0.717, 1.165) is 6.08 Å². The molecule has 0 aliphatic rings.